The van der Waals surface area contributed by atoms with E-state index < -0.39 is 0 Å². The summed E-state index contributed by atoms with van der Waals surface area (Å²) in [5.41, 5.74) is 0. The van der Waals surface area contributed by atoms with Gasteiger partial charge in [0.15, 0.2) is 0 Å². The number of methoxy groups -OCH3 is 1. The van der Waals surface area contributed by atoms with Gasteiger partial charge in [0, 0.05) is 19.7 Å². The van der Waals surface area contributed by atoms with Crippen LogP contribution in [0.1, 0.15) is 25.7 Å². The number of likely N-dealkylation sites (tertiary alicyclic amines) is 1. The van der Waals surface area contributed by atoms with E-state index in [4.69, 9.17) is 18.9 Å². The van der Waals surface area contributed by atoms with E-state index >= 15 is 0 Å². The van der Waals surface area contributed by atoms with Crippen molar-refractivity contribution in [2.45, 2.75) is 31.8 Å². The van der Waals surface area contributed by atoms with Crippen molar-refractivity contribution in [1.29, 1.82) is 0 Å². The number of carbonyl (C=O) groups is 1. The molecule has 0 unspecified atom stereocenters. The lowest BCUT2D eigenvalue weighted by Crippen LogP contribution is -2.41. The van der Waals surface area contributed by atoms with E-state index in [1.165, 1.54) is 0 Å². The molecule has 1 aromatic rings. The zero-order chi connectivity index (χ0) is 18.2. The Morgan fingerprint density at radius 3 is 2.50 bits per heavy atom. The minimum absolute atomic E-state index is 0.0810. The lowest BCUT2D eigenvalue weighted by Gasteiger charge is -2.32. The third kappa shape index (κ3) is 5.61. The van der Waals surface area contributed by atoms with Crippen LogP contribution in [0.25, 0.3) is 0 Å². The van der Waals surface area contributed by atoms with Gasteiger partial charge in [0.2, 0.25) is 5.91 Å². The molecule has 1 amide bonds. The summed E-state index contributed by atoms with van der Waals surface area (Å²) < 4.78 is 22.0. The maximum atomic E-state index is 12.2. The molecule has 6 nitrogen and oxygen atoms in total. The van der Waals surface area contributed by atoms with Crippen molar-refractivity contribution in [3.63, 3.8) is 0 Å². The molecule has 3 rings (SSSR count). The molecule has 26 heavy (non-hydrogen) atoms. The summed E-state index contributed by atoms with van der Waals surface area (Å²) in [4.78, 5) is 14.1. The van der Waals surface area contributed by atoms with E-state index in [-0.39, 0.29) is 18.6 Å². The Morgan fingerprint density at radius 1 is 1.12 bits per heavy atom. The molecule has 6 heteroatoms. The molecule has 0 N–H and O–H groups in total. The first kappa shape index (κ1) is 19.0. The minimum Gasteiger partial charge on any atom is -0.497 e. The molecule has 1 atom stereocenters. The first-order valence-electron chi connectivity index (χ1n) is 9.48. The van der Waals surface area contributed by atoms with Crippen LogP contribution >= 0.6 is 0 Å². The number of nitrogens with zero attached hydrogens (tertiary/aromatic N) is 1. The van der Waals surface area contributed by atoms with Crippen LogP contribution < -0.4 is 9.47 Å². The predicted molar refractivity (Wildman–Crippen MR) is 97.6 cm³/mol. The number of piperidine rings is 1. The van der Waals surface area contributed by atoms with E-state index in [9.17, 15) is 4.79 Å². The second-order valence-corrected chi connectivity index (χ2v) is 6.96. The molecule has 2 heterocycles. The molecule has 0 aliphatic carbocycles. The van der Waals surface area contributed by atoms with Crippen molar-refractivity contribution in [2.75, 3.05) is 46.6 Å². The van der Waals surface area contributed by atoms with Crippen molar-refractivity contribution in [2.24, 2.45) is 5.92 Å². The topological polar surface area (TPSA) is 57.2 Å². The van der Waals surface area contributed by atoms with Crippen LogP contribution in [-0.4, -0.2) is 63.5 Å². The van der Waals surface area contributed by atoms with Gasteiger partial charge in [-0.25, -0.2) is 0 Å². The third-order valence-electron chi connectivity index (χ3n) is 5.07. The Labute approximate surface area is 155 Å². The highest BCUT2D eigenvalue weighted by Gasteiger charge is 2.24. The van der Waals surface area contributed by atoms with Crippen molar-refractivity contribution in [3.8, 4) is 11.5 Å². The van der Waals surface area contributed by atoms with E-state index in [1.54, 1.807) is 7.11 Å². The highest BCUT2D eigenvalue weighted by molar-refractivity contribution is 5.77. The molecule has 1 aromatic carbocycles. The molecule has 2 aliphatic heterocycles. The fourth-order valence-electron chi connectivity index (χ4n) is 3.38. The maximum Gasteiger partial charge on any atom is 0.248 e. The summed E-state index contributed by atoms with van der Waals surface area (Å²) in [6.45, 7) is 3.74. The first-order chi connectivity index (χ1) is 12.7. The standard InChI is InChI=1S/C20H29NO5/c1-23-17-4-6-18(7-5-17)26-13-16-8-10-21(11-9-16)20(22)15-24-14-19-3-2-12-25-19/h4-7,16,19H,2-3,8-15H2,1H3/t19-/m0/s1. The average Bonchev–Trinajstić information content (AvgIpc) is 3.20. The maximum absolute atomic E-state index is 12.2. The molecule has 2 fully saturated rings. The van der Waals surface area contributed by atoms with Gasteiger partial charge in [-0.1, -0.05) is 0 Å². The molecule has 144 valence electrons. The van der Waals surface area contributed by atoms with Crippen molar-refractivity contribution >= 4 is 5.91 Å². The van der Waals surface area contributed by atoms with Crippen molar-refractivity contribution in [3.05, 3.63) is 24.3 Å². The van der Waals surface area contributed by atoms with Crippen molar-refractivity contribution < 1.29 is 23.7 Å². The van der Waals surface area contributed by atoms with Crippen LogP contribution in [0.2, 0.25) is 0 Å². The number of ether oxygens (including phenoxy) is 4. The number of carbonyl (C=O) groups excluding carboxylic acids is 1. The third-order valence-corrected chi connectivity index (χ3v) is 5.07. The number of hydrogen-bond acceptors (Lipinski definition) is 5. The summed E-state index contributed by atoms with van der Waals surface area (Å²) in [5, 5.41) is 0. The van der Waals surface area contributed by atoms with E-state index in [2.05, 4.69) is 0 Å². The molecular formula is C20H29NO5. The quantitative estimate of drug-likeness (QED) is 0.710. The Hall–Kier alpha value is -1.79. The summed E-state index contributed by atoms with van der Waals surface area (Å²) in [6, 6.07) is 7.63. The van der Waals surface area contributed by atoms with E-state index in [0.29, 0.717) is 19.1 Å². The van der Waals surface area contributed by atoms with Crippen LogP contribution in [0.4, 0.5) is 0 Å². The van der Waals surface area contributed by atoms with Crippen LogP contribution in [0.15, 0.2) is 24.3 Å². The highest BCUT2D eigenvalue weighted by Crippen LogP contribution is 2.21. The van der Waals surface area contributed by atoms with Gasteiger partial charge in [-0.2, -0.15) is 0 Å². The average molecular weight is 363 g/mol. The van der Waals surface area contributed by atoms with Crippen LogP contribution in [0.3, 0.4) is 0 Å². The molecule has 0 radical (unpaired) electrons. The normalized spacial score (nSPS) is 21.0. The monoisotopic (exact) mass is 363 g/mol. The van der Waals surface area contributed by atoms with Gasteiger partial charge >= 0.3 is 0 Å². The Kier molecular flexibility index (Phi) is 7.14. The Morgan fingerprint density at radius 2 is 1.85 bits per heavy atom. The smallest absolute Gasteiger partial charge is 0.248 e. The van der Waals surface area contributed by atoms with E-state index in [1.807, 2.05) is 29.2 Å². The molecule has 2 aliphatic rings. The fraction of sp³-hybridized carbons (Fsp3) is 0.650. The number of amides is 1. The van der Waals surface area contributed by atoms with Gasteiger partial charge < -0.3 is 23.8 Å². The summed E-state index contributed by atoms with van der Waals surface area (Å²) >= 11 is 0. The van der Waals surface area contributed by atoms with Crippen LogP contribution in [0, 0.1) is 5.92 Å². The lowest BCUT2D eigenvalue weighted by atomic mass is 9.98. The Balaban J connectivity index is 1.30. The lowest BCUT2D eigenvalue weighted by molar-refractivity contribution is -0.138. The number of rotatable bonds is 8. The molecular weight excluding hydrogens is 334 g/mol. The largest absolute Gasteiger partial charge is 0.497 e. The van der Waals surface area contributed by atoms with Gasteiger partial charge in [-0.15, -0.1) is 0 Å². The second kappa shape index (κ2) is 9.78. The van der Waals surface area contributed by atoms with Crippen LogP contribution in [-0.2, 0) is 14.3 Å². The molecule has 0 aromatic heterocycles. The predicted octanol–water partition coefficient (Wildman–Crippen LogP) is 2.51. The SMILES string of the molecule is COc1ccc(OCC2CCN(C(=O)COC[C@@H]3CCCO3)CC2)cc1. The van der Waals surface area contributed by atoms with Gasteiger partial charge in [0.05, 0.1) is 26.4 Å². The molecule has 2 saturated heterocycles. The Bertz CT molecular complexity index is 548. The molecule has 0 bridgehead atoms. The summed E-state index contributed by atoms with van der Waals surface area (Å²) in [7, 11) is 1.65. The number of benzene rings is 1. The molecule has 0 spiro atoms. The van der Waals surface area contributed by atoms with Gasteiger partial charge in [-0.3, -0.25) is 4.79 Å². The zero-order valence-electron chi connectivity index (χ0n) is 15.5. The minimum atomic E-state index is 0.0810. The summed E-state index contributed by atoms with van der Waals surface area (Å²) in [6.07, 6.45) is 4.23. The van der Waals surface area contributed by atoms with E-state index in [0.717, 1.165) is 56.9 Å². The fourth-order valence-corrected chi connectivity index (χ4v) is 3.38. The van der Waals surface area contributed by atoms with Crippen LogP contribution in [0.5, 0.6) is 11.5 Å². The number of hydrogen-bond donors (Lipinski definition) is 0. The van der Waals surface area contributed by atoms with Gasteiger partial charge in [-0.05, 0) is 55.9 Å². The summed E-state index contributed by atoms with van der Waals surface area (Å²) in [5.74, 6) is 2.24. The second-order valence-electron chi connectivity index (χ2n) is 6.96. The van der Waals surface area contributed by atoms with Gasteiger partial charge in [0.25, 0.3) is 0 Å². The van der Waals surface area contributed by atoms with Gasteiger partial charge in [0.1, 0.15) is 18.1 Å². The first-order valence-corrected chi connectivity index (χ1v) is 9.48. The van der Waals surface area contributed by atoms with Crippen molar-refractivity contribution in [1.82, 2.24) is 4.90 Å². The highest BCUT2D eigenvalue weighted by atomic mass is 16.5. The zero-order valence-corrected chi connectivity index (χ0v) is 15.5. The molecule has 0 saturated carbocycles.